The van der Waals surface area contributed by atoms with E-state index in [1.54, 1.807) is 18.2 Å². The molecule has 3 heteroatoms. The van der Waals surface area contributed by atoms with Gasteiger partial charge in [-0.3, -0.25) is 0 Å². The van der Waals surface area contributed by atoms with Crippen molar-refractivity contribution in [2.45, 2.75) is 58.3 Å². The lowest BCUT2D eigenvalue weighted by Crippen LogP contribution is -2.10. The number of carbonyl (C=O) groups is 1. The molecule has 32 heavy (non-hydrogen) atoms. The van der Waals surface area contributed by atoms with E-state index in [0.29, 0.717) is 11.3 Å². The van der Waals surface area contributed by atoms with E-state index >= 15 is 0 Å². The van der Waals surface area contributed by atoms with E-state index in [0.717, 1.165) is 29.9 Å². The van der Waals surface area contributed by atoms with Crippen LogP contribution >= 0.6 is 0 Å². The van der Waals surface area contributed by atoms with Gasteiger partial charge in [0.15, 0.2) is 0 Å². The maximum atomic E-state index is 12.8. The van der Waals surface area contributed by atoms with Crippen molar-refractivity contribution < 1.29 is 14.3 Å². The normalized spacial score (nSPS) is 10.7. The number of hydrogen-bond acceptors (Lipinski definition) is 3. The SMILES string of the molecule is CCCCCCCCCCOc1ccc(OC(=O)c2ccccc2-c2ccccc2)cc1. The third-order valence-corrected chi connectivity index (χ3v) is 5.53. The van der Waals surface area contributed by atoms with Gasteiger partial charge in [0.2, 0.25) is 0 Å². The van der Waals surface area contributed by atoms with Gasteiger partial charge in [-0.15, -0.1) is 0 Å². The van der Waals surface area contributed by atoms with Crippen LogP contribution < -0.4 is 9.47 Å². The maximum Gasteiger partial charge on any atom is 0.344 e. The molecule has 0 atom stereocenters. The highest BCUT2D eigenvalue weighted by atomic mass is 16.5. The molecule has 0 fully saturated rings. The van der Waals surface area contributed by atoms with Gasteiger partial charge in [0.05, 0.1) is 12.2 Å². The molecule has 0 saturated heterocycles. The average molecular weight is 431 g/mol. The van der Waals surface area contributed by atoms with Crippen LogP contribution in [0.2, 0.25) is 0 Å². The summed E-state index contributed by atoms with van der Waals surface area (Å²) >= 11 is 0. The second-order valence-corrected chi connectivity index (χ2v) is 8.10. The van der Waals surface area contributed by atoms with Crippen LogP contribution in [0, 0.1) is 0 Å². The topological polar surface area (TPSA) is 35.5 Å². The van der Waals surface area contributed by atoms with E-state index < -0.39 is 0 Å². The van der Waals surface area contributed by atoms with Gasteiger partial charge >= 0.3 is 5.97 Å². The fourth-order valence-corrected chi connectivity index (χ4v) is 3.72. The zero-order valence-electron chi connectivity index (χ0n) is 19.1. The van der Waals surface area contributed by atoms with Crippen molar-refractivity contribution in [2.75, 3.05) is 6.61 Å². The molecule has 0 aliphatic rings. The molecular formula is C29H34O3. The van der Waals surface area contributed by atoms with Crippen molar-refractivity contribution in [3.05, 3.63) is 84.4 Å². The summed E-state index contributed by atoms with van der Waals surface area (Å²) in [5.41, 5.74) is 2.40. The van der Waals surface area contributed by atoms with Crippen LogP contribution in [-0.2, 0) is 0 Å². The molecule has 0 aliphatic carbocycles. The lowest BCUT2D eigenvalue weighted by Gasteiger charge is -2.10. The van der Waals surface area contributed by atoms with Gasteiger partial charge in [-0.05, 0) is 47.9 Å². The Hall–Kier alpha value is -3.07. The minimum atomic E-state index is -0.364. The Morgan fingerprint density at radius 1 is 0.656 bits per heavy atom. The van der Waals surface area contributed by atoms with E-state index in [1.165, 1.54) is 44.9 Å². The van der Waals surface area contributed by atoms with Crippen LogP contribution in [0.3, 0.4) is 0 Å². The fraction of sp³-hybridized carbons (Fsp3) is 0.345. The van der Waals surface area contributed by atoms with Crippen LogP contribution in [0.5, 0.6) is 11.5 Å². The summed E-state index contributed by atoms with van der Waals surface area (Å²) in [6, 6.07) is 24.7. The summed E-state index contributed by atoms with van der Waals surface area (Å²) in [6.45, 7) is 2.97. The number of esters is 1. The summed E-state index contributed by atoms with van der Waals surface area (Å²) in [7, 11) is 0. The number of ether oxygens (including phenoxy) is 2. The van der Waals surface area contributed by atoms with Crippen LogP contribution in [0.4, 0.5) is 0 Å². The van der Waals surface area contributed by atoms with Crippen LogP contribution in [-0.4, -0.2) is 12.6 Å². The van der Waals surface area contributed by atoms with Crippen LogP contribution in [0.1, 0.15) is 68.6 Å². The molecule has 168 valence electrons. The third-order valence-electron chi connectivity index (χ3n) is 5.53. The summed E-state index contributed by atoms with van der Waals surface area (Å²) in [6.07, 6.45) is 10.3. The Kier molecular flexibility index (Phi) is 9.85. The molecule has 0 unspecified atom stereocenters. The Balaban J connectivity index is 1.45. The molecular weight excluding hydrogens is 396 g/mol. The highest BCUT2D eigenvalue weighted by Crippen LogP contribution is 2.25. The number of unbranched alkanes of at least 4 members (excludes halogenated alkanes) is 7. The van der Waals surface area contributed by atoms with Gasteiger partial charge in [-0.25, -0.2) is 4.79 Å². The van der Waals surface area contributed by atoms with E-state index in [1.807, 2.05) is 60.7 Å². The van der Waals surface area contributed by atoms with Gasteiger partial charge in [0.25, 0.3) is 0 Å². The molecule has 0 N–H and O–H groups in total. The van der Waals surface area contributed by atoms with Crippen LogP contribution in [0.25, 0.3) is 11.1 Å². The van der Waals surface area contributed by atoms with E-state index in [4.69, 9.17) is 9.47 Å². The summed E-state index contributed by atoms with van der Waals surface area (Å²) < 4.78 is 11.5. The first-order valence-electron chi connectivity index (χ1n) is 11.9. The zero-order chi connectivity index (χ0) is 22.4. The number of benzene rings is 3. The minimum absolute atomic E-state index is 0.364. The predicted molar refractivity (Wildman–Crippen MR) is 131 cm³/mol. The van der Waals surface area contributed by atoms with Gasteiger partial charge in [-0.1, -0.05) is 100 Å². The van der Waals surface area contributed by atoms with Gasteiger partial charge in [0.1, 0.15) is 11.5 Å². The van der Waals surface area contributed by atoms with E-state index in [-0.39, 0.29) is 5.97 Å². The van der Waals surface area contributed by atoms with E-state index in [9.17, 15) is 4.79 Å². The average Bonchev–Trinajstić information content (AvgIpc) is 2.84. The highest BCUT2D eigenvalue weighted by Gasteiger charge is 2.14. The molecule has 3 nitrogen and oxygen atoms in total. The lowest BCUT2D eigenvalue weighted by molar-refractivity contribution is 0.0735. The second-order valence-electron chi connectivity index (χ2n) is 8.10. The zero-order valence-corrected chi connectivity index (χ0v) is 19.1. The van der Waals surface area contributed by atoms with Gasteiger partial charge < -0.3 is 9.47 Å². The molecule has 0 spiro atoms. The number of rotatable bonds is 13. The highest BCUT2D eigenvalue weighted by molar-refractivity contribution is 5.98. The number of hydrogen-bond donors (Lipinski definition) is 0. The second kappa shape index (κ2) is 13.4. The van der Waals surface area contributed by atoms with E-state index in [2.05, 4.69) is 6.92 Å². The molecule has 0 amide bonds. The van der Waals surface area contributed by atoms with Gasteiger partial charge in [-0.2, -0.15) is 0 Å². The van der Waals surface area contributed by atoms with Crippen molar-refractivity contribution >= 4 is 5.97 Å². The first-order chi connectivity index (χ1) is 15.8. The molecule has 3 rings (SSSR count). The Bertz CT molecular complexity index is 932. The quantitative estimate of drug-likeness (QED) is 0.156. The Labute approximate surface area is 192 Å². The molecule has 3 aromatic rings. The molecule has 0 saturated carbocycles. The molecule has 0 aliphatic heterocycles. The molecule has 3 aromatic carbocycles. The maximum absolute atomic E-state index is 12.8. The van der Waals surface area contributed by atoms with Crippen molar-refractivity contribution in [2.24, 2.45) is 0 Å². The smallest absolute Gasteiger partial charge is 0.344 e. The number of carbonyl (C=O) groups excluding carboxylic acids is 1. The predicted octanol–water partition coefficient (Wildman–Crippen LogP) is 8.09. The van der Waals surface area contributed by atoms with Crippen molar-refractivity contribution in [1.29, 1.82) is 0 Å². The first kappa shape index (κ1) is 23.6. The molecule has 0 bridgehead atoms. The Morgan fingerprint density at radius 2 is 1.25 bits per heavy atom. The molecule has 0 radical (unpaired) electrons. The molecule has 0 aromatic heterocycles. The van der Waals surface area contributed by atoms with Crippen molar-refractivity contribution in [3.63, 3.8) is 0 Å². The van der Waals surface area contributed by atoms with Crippen LogP contribution in [0.15, 0.2) is 78.9 Å². The van der Waals surface area contributed by atoms with Crippen molar-refractivity contribution in [3.8, 4) is 22.6 Å². The fourth-order valence-electron chi connectivity index (χ4n) is 3.72. The first-order valence-corrected chi connectivity index (χ1v) is 11.9. The Morgan fingerprint density at radius 3 is 1.97 bits per heavy atom. The van der Waals surface area contributed by atoms with Crippen molar-refractivity contribution in [1.82, 2.24) is 0 Å². The monoisotopic (exact) mass is 430 g/mol. The van der Waals surface area contributed by atoms with Gasteiger partial charge in [0, 0.05) is 0 Å². The standard InChI is InChI=1S/C29H34O3/c1-2-3-4-5-6-7-8-14-23-31-25-19-21-26(22-20-25)32-29(30)28-18-13-12-17-27(28)24-15-10-9-11-16-24/h9-13,15-22H,2-8,14,23H2,1H3. The summed E-state index contributed by atoms with van der Waals surface area (Å²) in [5.74, 6) is 0.951. The summed E-state index contributed by atoms with van der Waals surface area (Å²) in [5, 5.41) is 0. The summed E-state index contributed by atoms with van der Waals surface area (Å²) in [4.78, 5) is 12.8. The molecule has 0 heterocycles. The largest absolute Gasteiger partial charge is 0.494 e. The third kappa shape index (κ3) is 7.56. The minimum Gasteiger partial charge on any atom is -0.494 e. The lowest BCUT2D eigenvalue weighted by atomic mass is 10.00.